The van der Waals surface area contributed by atoms with E-state index in [1.807, 2.05) is 68.4 Å². The van der Waals surface area contributed by atoms with Crippen molar-refractivity contribution < 1.29 is 19.4 Å². The van der Waals surface area contributed by atoms with Crippen LogP contribution in [-0.2, 0) is 14.9 Å². The third-order valence-electron chi connectivity index (χ3n) is 6.70. The monoisotopic (exact) mass is 515 g/mol. The molecule has 1 aliphatic carbocycles. The Balaban J connectivity index is 0.000000211. The van der Waals surface area contributed by atoms with Crippen molar-refractivity contribution >= 4 is 12.1 Å². The molecule has 0 bridgehead atoms. The van der Waals surface area contributed by atoms with Crippen molar-refractivity contribution in [3.05, 3.63) is 107 Å². The number of alkyl carbamates (subject to hydrolysis) is 1. The van der Waals surface area contributed by atoms with E-state index in [0.29, 0.717) is 5.70 Å². The van der Waals surface area contributed by atoms with Crippen molar-refractivity contribution in [1.29, 1.82) is 0 Å². The summed E-state index contributed by atoms with van der Waals surface area (Å²) in [5, 5.41) is 12.0. The maximum atomic E-state index is 11.7. The summed E-state index contributed by atoms with van der Waals surface area (Å²) in [6.45, 7) is 7.56. The average Bonchev–Trinajstić information content (AvgIpc) is 3.73. The SMILES string of the molecule is CNN/C(C)=C(\C)NC(=O)O[C@H](C)c1ccccc1.Cc1ccc(-c2ccc(C3(C(=O)O)CC3)cc2)cc1. The predicted molar refractivity (Wildman–Crippen MR) is 150 cm³/mol. The highest BCUT2D eigenvalue weighted by atomic mass is 16.6. The molecule has 0 spiro atoms. The summed E-state index contributed by atoms with van der Waals surface area (Å²) in [6, 6.07) is 25.9. The predicted octanol–water partition coefficient (Wildman–Crippen LogP) is 6.23. The van der Waals surface area contributed by atoms with E-state index in [-0.39, 0.29) is 6.10 Å². The van der Waals surface area contributed by atoms with Crippen LogP contribution < -0.4 is 16.2 Å². The molecular weight excluding hydrogens is 478 g/mol. The number of rotatable bonds is 8. The molecule has 200 valence electrons. The van der Waals surface area contributed by atoms with E-state index < -0.39 is 17.5 Å². The number of ether oxygens (including phenoxy) is 1. The maximum Gasteiger partial charge on any atom is 0.412 e. The van der Waals surface area contributed by atoms with Gasteiger partial charge in [-0.05, 0) is 62.8 Å². The minimum Gasteiger partial charge on any atom is -0.481 e. The van der Waals surface area contributed by atoms with Crippen LogP contribution in [0.5, 0.6) is 0 Å². The Labute approximate surface area is 224 Å². The van der Waals surface area contributed by atoms with Crippen LogP contribution in [0.3, 0.4) is 0 Å². The maximum absolute atomic E-state index is 11.7. The normalized spacial score (nSPS) is 14.7. The van der Waals surface area contributed by atoms with Crippen LogP contribution in [0, 0.1) is 6.92 Å². The van der Waals surface area contributed by atoms with Gasteiger partial charge in [0.2, 0.25) is 0 Å². The molecule has 7 heteroatoms. The van der Waals surface area contributed by atoms with E-state index in [1.54, 1.807) is 14.0 Å². The lowest BCUT2D eigenvalue weighted by molar-refractivity contribution is -0.140. The van der Waals surface area contributed by atoms with Gasteiger partial charge in [-0.1, -0.05) is 84.4 Å². The number of amides is 1. The van der Waals surface area contributed by atoms with Gasteiger partial charge in [-0.25, -0.2) is 10.2 Å². The summed E-state index contributed by atoms with van der Waals surface area (Å²) >= 11 is 0. The third kappa shape index (κ3) is 7.46. The molecule has 3 aromatic carbocycles. The Morgan fingerprint density at radius 2 is 1.42 bits per heavy atom. The van der Waals surface area contributed by atoms with Crippen LogP contribution >= 0.6 is 0 Å². The topological polar surface area (TPSA) is 99.7 Å². The quantitative estimate of drug-likeness (QED) is 0.266. The molecule has 3 aromatic rings. The number of carboxylic acids is 1. The number of aliphatic carboxylic acids is 1. The number of nitrogens with one attached hydrogen (secondary N) is 3. The molecule has 0 unspecified atom stereocenters. The zero-order chi connectivity index (χ0) is 27.7. The Bertz CT molecular complexity index is 1250. The van der Waals surface area contributed by atoms with Crippen molar-refractivity contribution in [2.45, 2.75) is 52.1 Å². The molecule has 1 saturated carbocycles. The number of carboxylic acid groups (broad SMARTS) is 1. The molecular formula is C31H37N3O4. The van der Waals surface area contributed by atoms with E-state index in [4.69, 9.17) is 4.74 Å². The number of hydrazine groups is 1. The molecule has 1 atom stereocenters. The smallest absolute Gasteiger partial charge is 0.412 e. The molecule has 1 amide bonds. The first kappa shape index (κ1) is 28.5. The summed E-state index contributed by atoms with van der Waals surface area (Å²) < 4.78 is 5.30. The number of allylic oxidation sites excluding steroid dienone is 2. The summed E-state index contributed by atoms with van der Waals surface area (Å²) in [5.41, 5.74) is 12.0. The second-order valence-corrected chi connectivity index (χ2v) is 9.54. The van der Waals surface area contributed by atoms with Crippen molar-refractivity contribution in [2.75, 3.05) is 7.05 Å². The zero-order valence-electron chi connectivity index (χ0n) is 22.7. The van der Waals surface area contributed by atoms with Crippen molar-refractivity contribution in [3.8, 4) is 11.1 Å². The van der Waals surface area contributed by atoms with E-state index in [0.717, 1.165) is 40.8 Å². The Kier molecular flexibility index (Phi) is 9.68. The lowest BCUT2D eigenvalue weighted by atomic mass is 9.94. The molecule has 1 fully saturated rings. The first-order chi connectivity index (χ1) is 18.2. The van der Waals surface area contributed by atoms with Gasteiger partial charge in [-0.15, -0.1) is 0 Å². The summed E-state index contributed by atoms with van der Waals surface area (Å²) in [7, 11) is 1.76. The van der Waals surface area contributed by atoms with Gasteiger partial charge in [0.1, 0.15) is 6.10 Å². The highest BCUT2D eigenvalue weighted by Crippen LogP contribution is 2.48. The van der Waals surface area contributed by atoms with Crippen LogP contribution in [0.25, 0.3) is 11.1 Å². The molecule has 0 radical (unpaired) electrons. The summed E-state index contributed by atoms with van der Waals surface area (Å²) in [5.74, 6) is -0.699. The van der Waals surface area contributed by atoms with Gasteiger partial charge in [-0.3, -0.25) is 10.1 Å². The number of carbonyl (C=O) groups is 2. The molecule has 1 aliphatic rings. The van der Waals surface area contributed by atoms with Gasteiger partial charge in [0.25, 0.3) is 0 Å². The van der Waals surface area contributed by atoms with Crippen LogP contribution in [-0.4, -0.2) is 24.2 Å². The number of hydrogen-bond donors (Lipinski definition) is 4. The van der Waals surface area contributed by atoms with E-state index >= 15 is 0 Å². The van der Waals surface area contributed by atoms with Gasteiger partial charge in [-0.2, -0.15) is 0 Å². The van der Waals surface area contributed by atoms with E-state index in [2.05, 4.69) is 47.4 Å². The number of carbonyl (C=O) groups excluding carboxylic acids is 1. The third-order valence-corrected chi connectivity index (χ3v) is 6.70. The molecule has 0 aromatic heterocycles. The minimum absolute atomic E-state index is 0.286. The van der Waals surface area contributed by atoms with Crippen LogP contribution in [0.2, 0.25) is 0 Å². The first-order valence-corrected chi connectivity index (χ1v) is 12.7. The molecule has 38 heavy (non-hydrogen) atoms. The number of hydrogen-bond acceptors (Lipinski definition) is 5. The van der Waals surface area contributed by atoms with Gasteiger partial charge >= 0.3 is 12.1 Å². The average molecular weight is 516 g/mol. The summed E-state index contributed by atoms with van der Waals surface area (Å²) in [4.78, 5) is 23.0. The van der Waals surface area contributed by atoms with E-state index in [9.17, 15) is 14.7 Å². The second kappa shape index (κ2) is 12.9. The minimum atomic E-state index is -0.699. The standard InChI is InChI=1S/C17H16O2.C14H21N3O2/c1-12-2-4-13(5-3-12)14-6-8-15(9-7-14)17(10-11-17)16(18)19;1-10(11(2)17-15-4)16-14(18)19-12(3)13-8-6-5-7-9-13/h2-9H,10-11H2,1H3,(H,18,19);5-9,12,15,17H,1-4H3,(H,16,18)/b;11-10+/t;12-/m.1/s1. The van der Waals surface area contributed by atoms with Crippen molar-refractivity contribution in [2.24, 2.45) is 0 Å². The lowest BCUT2D eigenvalue weighted by Gasteiger charge is -2.15. The van der Waals surface area contributed by atoms with Crippen LogP contribution in [0.15, 0.2) is 90.3 Å². The summed E-state index contributed by atoms with van der Waals surface area (Å²) in [6.07, 6.45) is 0.760. The fourth-order valence-corrected chi connectivity index (χ4v) is 3.99. The molecule has 7 nitrogen and oxygen atoms in total. The van der Waals surface area contributed by atoms with Crippen LogP contribution in [0.1, 0.15) is 56.4 Å². The zero-order valence-corrected chi connectivity index (χ0v) is 22.7. The highest BCUT2D eigenvalue weighted by Gasteiger charge is 2.51. The number of benzene rings is 3. The molecule has 0 saturated heterocycles. The molecule has 0 heterocycles. The molecule has 0 aliphatic heterocycles. The van der Waals surface area contributed by atoms with Crippen molar-refractivity contribution in [3.63, 3.8) is 0 Å². The Morgan fingerprint density at radius 1 is 0.868 bits per heavy atom. The van der Waals surface area contributed by atoms with Gasteiger partial charge < -0.3 is 15.3 Å². The Hall–Kier alpha value is -4.10. The van der Waals surface area contributed by atoms with Crippen molar-refractivity contribution in [1.82, 2.24) is 16.2 Å². The molecule has 4 rings (SSSR count). The largest absolute Gasteiger partial charge is 0.481 e. The Morgan fingerprint density at radius 3 is 1.92 bits per heavy atom. The molecule has 4 N–H and O–H groups in total. The van der Waals surface area contributed by atoms with Gasteiger partial charge in [0.05, 0.1) is 5.41 Å². The fraction of sp³-hybridized carbons (Fsp3) is 0.290. The van der Waals surface area contributed by atoms with Crippen LogP contribution in [0.4, 0.5) is 4.79 Å². The second-order valence-electron chi connectivity index (χ2n) is 9.54. The fourth-order valence-electron chi connectivity index (χ4n) is 3.99. The first-order valence-electron chi connectivity index (χ1n) is 12.7. The van der Waals surface area contributed by atoms with Gasteiger partial charge in [0, 0.05) is 18.4 Å². The lowest BCUT2D eigenvalue weighted by Crippen LogP contribution is -2.31. The number of aryl methyl sites for hydroxylation is 1. The van der Waals surface area contributed by atoms with Gasteiger partial charge in [0.15, 0.2) is 0 Å². The van der Waals surface area contributed by atoms with E-state index in [1.165, 1.54) is 5.56 Å². The highest BCUT2D eigenvalue weighted by molar-refractivity contribution is 5.85.